The topological polar surface area (TPSA) is 59.4 Å². The molecule has 2 saturated carbocycles. The first kappa shape index (κ1) is 22.8. The van der Waals surface area contributed by atoms with Gasteiger partial charge >= 0.3 is 0 Å². The molecule has 1 spiro atoms. The molecule has 2 aliphatic carbocycles. The van der Waals surface area contributed by atoms with Crippen molar-refractivity contribution in [3.8, 4) is 0 Å². The van der Waals surface area contributed by atoms with Gasteiger partial charge in [-0.15, -0.1) is 0 Å². The molecule has 1 aromatic carbocycles. The summed E-state index contributed by atoms with van der Waals surface area (Å²) in [5, 5.41) is 22.6. The Kier molecular flexibility index (Phi) is 6.14. The molecule has 32 heavy (non-hydrogen) atoms. The third kappa shape index (κ3) is 3.83. The molecule has 0 bridgehead atoms. The number of hydrogen-bond donors (Lipinski definition) is 2. The predicted molar refractivity (Wildman–Crippen MR) is 125 cm³/mol. The average molecular weight is 444 g/mol. The van der Waals surface area contributed by atoms with Crippen LogP contribution in [0.1, 0.15) is 63.4 Å². The fraction of sp³-hybridized carbons (Fsp3) is 0.769. The zero-order valence-electron chi connectivity index (χ0n) is 19.9. The van der Waals surface area contributed by atoms with Gasteiger partial charge < -0.3 is 14.9 Å². The van der Waals surface area contributed by atoms with Gasteiger partial charge in [0.25, 0.3) is 0 Å². The Morgan fingerprint density at radius 1 is 1.00 bits per heavy atom. The van der Waals surface area contributed by atoms with Gasteiger partial charge in [-0.05, 0) is 77.4 Å². The van der Waals surface area contributed by atoms with Crippen molar-refractivity contribution < 1.29 is 14.9 Å². The van der Waals surface area contributed by atoms with Crippen LogP contribution in [-0.2, 0) is 10.3 Å². The van der Waals surface area contributed by atoms with E-state index in [1.54, 1.807) is 0 Å². The van der Waals surface area contributed by atoms with Crippen molar-refractivity contribution in [1.29, 1.82) is 0 Å². The van der Waals surface area contributed by atoms with Crippen molar-refractivity contribution in [3.05, 3.63) is 35.9 Å². The van der Waals surface area contributed by atoms with Crippen molar-refractivity contribution in [1.82, 2.24) is 14.7 Å². The number of benzene rings is 1. The second-order valence-corrected chi connectivity index (χ2v) is 11.1. The maximum absolute atomic E-state index is 11.5. The lowest BCUT2D eigenvalue weighted by Crippen LogP contribution is -2.60. The summed E-state index contributed by atoms with van der Waals surface area (Å²) >= 11 is 0. The van der Waals surface area contributed by atoms with E-state index in [1.165, 1.54) is 5.56 Å². The van der Waals surface area contributed by atoms with E-state index in [1.807, 2.05) is 0 Å². The number of β-amino-alcohol motifs (C(OH)–C–C–N with tert-alkyl or cyclic N) is 1. The first-order chi connectivity index (χ1) is 15.4. The quantitative estimate of drug-likeness (QED) is 0.730. The summed E-state index contributed by atoms with van der Waals surface area (Å²) in [5.41, 5.74) is 0.721. The molecule has 178 valence electrons. The first-order valence-corrected chi connectivity index (χ1v) is 12.6. The molecule has 4 fully saturated rings. The fourth-order valence-corrected chi connectivity index (χ4v) is 6.90. The van der Waals surface area contributed by atoms with Crippen LogP contribution in [0.5, 0.6) is 0 Å². The smallest absolute Gasteiger partial charge is 0.166 e. The van der Waals surface area contributed by atoms with Crippen LogP contribution in [0.25, 0.3) is 0 Å². The summed E-state index contributed by atoms with van der Waals surface area (Å²) in [7, 11) is 4.41. The van der Waals surface area contributed by atoms with E-state index in [2.05, 4.69) is 59.1 Å². The van der Waals surface area contributed by atoms with E-state index < -0.39 is 12.0 Å². The van der Waals surface area contributed by atoms with E-state index in [4.69, 9.17) is 4.74 Å². The number of aliphatic hydroxyl groups is 2. The van der Waals surface area contributed by atoms with E-state index >= 15 is 0 Å². The van der Waals surface area contributed by atoms with Gasteiger partial charge in [0.1, 0.15) is 0 Å². The molecule has 2 saturated heterocycles. The van der Waals surface area contributed by atoms with Crippen LogP contribution in [0, 0.1) is 0 Å². The molecular formula is C26H41N3O3. The van der Waals surface area contributed by atoms with Gasteiger partial charge in [-0.2, -0.15) is 0 Å². The van der Waals surface area contributed by atoms with Crippen LogP contribution < -0.4 is 0 Å². The second-order valence-electron chi connectivity index (χ2n) is 11.1. The van der Waals surface area contributed by atoms with Crippen LogP contribution in [-0.4, -0.2) is 88.8 Å². The number of nitrogens with zero attached hydrogens (tertiary/aromatic N) is 3. The SMILES string of the molecule is CN(C)[C@]1(c2ccccc2)CC[C@]2(CC1)CN(C1CCOCC1)C(O)N2CC1(O)CCC1. The standard InChI is InChI=1S/C26H41N3O3/c1-27(2)26(21-7-4-3-5-8-21)15-13-24(14-16-26)19-28(22-9-17-32-18-10-22)23(30)29(24)20-25(31)11-6-12-25/h3-5,7-8,22-23,30-31H,6,9-20H2,1-2H3/t23?,24-,26+. The second kappa shape index (κ2) is 8.64. The van der Waals surface area contributed by atoms with Crippen LogP contribution in [0.2, 0.25) is 0 Å². The summed E-state index contributed by atoms with van der Waals surface area (Å²) < 4.78 is 5.60. The Hall–Kier alpha value is -1.02. The summed E-state index contributed by atoms with van der Waals surface area (Å²) in [6, 6.07) is 11.3. The Balaban J connectivity index is 1.41. The van der Waals surface area contributed by atoms with E-state index in [-0.39, 0.29) is 11.1 Å². The van der Waals surface area contributed by atoms with Crippen molar-refractivity contribution in [2.24, 2.45) is 0 Å². The molecule has 1 unspecified atom stereocenters. The Morgan fingerprint density at radius 2 is 1.66 bits per heavy atom. The maximum atomic E-state index is 11.5. The summed E-state index contributed by atoms with van der Waals surface area (Å²) in [6.07, 6.45) is 8.36. The van der Waals surface area contributed by atoms with E-state index in [9.17, 15) is 10.2 Å². The molecule has 6 nitrogen and oxygen atoms in total. The van der Waals surface area contributed by atoms with Crippen LogP contribution in [0.3, 0.4) is 0 Å². The van der Waals surface area contributed by atoms with Gasteiger partial charge in [0.15, 0.2) is 6.35 Å². The van der Waals surface area contributed by atoms with Crippen LogP contribution >= 0.6 is 0 Å². The van der Waals surface area contributed by atoms with Gasteiger partial charge in [-0.3, -0.25) is 14.7 Å². The highest BCUT2D eigenvalue weighted by Crippen LogP contribution is 2.51. The lowest BCUT2D eigenvalue weighted by molar-refractivity contribution is -0.152. The maximum Gasteiger partial charge on any atom is 0.166 e. The predicted octanol–water partition coefficient (Wildman–Crippen LogP) is 2.74. The molecule has 1 aromatic rings. The van der Waals surface area contributed by atoms with Crippen molar-refractivity contribution >= 4 is 0 Å². The van der Waals surface area contributed by atoms with Crippen LogP contribution in [0.4, 0.5) is 0 Å². The fourth-order valence-electron chi connectivity index (χ4n) is 6.90. The third-order valence-electron chi connectivity index (χ3n) is 9.25. The number of rotatable bonds is 5. The molecule has 2 aliphatic heterocycles. The minimum atomic E-state index is -0.630. The number of hydrogen-bond acceptors (Lipinski definition) is 6. The minimum absolute atomic E-state index is 0.0304. The molecule has 0 amide bonds. The highest BCUT2D eigenvalue weighted by Gasteiger charge is 2.57. The molecular weight excluding hydrogens is 402 g/mol. The lowest BCUT2D eigenvalue weighted by atomic mass is 9.67. The van der Waals surface area contributed by atoms with Crippen molar-refractivity contribution in [3.63, 3.8) is 0 Å². The van der Waals surface area contributed by atoms with E-state index in [0.29, 0.717) is 12.6 Å². The third-order valence-corrected chi connectivity index (χ3v) is 9.25. The van der Waals surface area contributed by atoms with Gasteiger partial charge in [0.05, 0.1) is 5.60 Å². The summed E-state index contributed by atoms with van der Waals surface area (Å²) in [6.45, 7) is 3.05. The molecule has 4 aliphatic rings. The van der Waals surface area contributed by atoms with Crippen molar-refractivity contribution in [2.45, 2.75) is 86.9 Å². The molecule has 2 N–H and O–H groups in total. The molecule has 0 aromatic heterocycles. The molecule has 6 heteroatoms. The Labute approximate surface area is 193 Å². The molecule has 1 atom stereocenters. The highest BCUT2D eigenvalue weighted by molar-refractivity contribution is 5.27. The zero-order chi connectivity index (χ0) is 22.4. The number of aliphatic hydroxyl groups excluding tert-OH is 1. The molecule has 2 heterocycles. The minimum Gasteiger partial charge on any atom is -0.389 e. The monoisotopic (exact) mass is 443 g/mol. The zero-order valence-corrected chi connectivity index (χ0v) is 19.9. The Morgan fingerprint density at radius 3 is 2.22 bits per heavy atom. The van der Waals surface area contributed by atoms with Gasteiger partial charge in [-0.25, -0.2) is 0 Å². The number of ether oxygens (including phenoxy) is 1. The molecule has 5 rings (SSSR count). The summed E-state index contributed by atoms with van der Waals surface area (Å²) in [5.74, 6) is 0. The van der Waals surface area contributed by atoms with Gasteiger partial charge in [-0.1, -0.05) is 30.3 Å². The highest BCUT2D eigenvalue weighted by atomic mass is 16.5. The van der Waals surface area contributed by atoms with Gasteiger partial charge in [0, 0.05) is 43.4 Å². The average Bonchev–Trinajstić information content (AvgIpc) is 3.06. The first-order valence-electron chi connectivity index (χ1n) is 12.6. The van der Waals surface area contributed by atoms with Crippen LogP contribution in [0.15, 0.2) is 30.3 Å². The normalized spacial score (nSPS) is 36.6. The van der Waals surface area contributed by atoms with Crippen molar-refractivity contribution in [2.75, 3.05) is 40.4 Å². The Bertz CT molecular complexity index is 768. The lowest BCUT2D eigenvalue weighted by Gasteiger charge is -2.53. The summed E-state index contributed by atoms with van der Waals surface area (Å²) in [4.78, 5) is 7.03. The largest absolute Gasteiger partial charge is 0.389 e. The van der Waals surface area contributed by atoms with Gasteiger partial charge in [0.2, 0.25) is 0 Å². The molecule has 0 radical (unpaired) electrons. The van der Waals surface area contributed by atoms with E-state index in [0.717, 1.165) is 77.5 Å².